The van der Waals surface area contributed by atoms with Crippen LogP contribution in [0.3, 0.4) is 0 Å². The van der Waals surface area contributed by atoms with Crippen molar-refractivity contribution in [2.75, 3.05) is 12.4 Å². The van der Waals surface area contributed by atoms with Crippen molar-refractivity contribution in [1.29, 1.82) is 0 Å². The van der Waals surface area contributed by atoms with Gasteiger partial charge in [-0.15, -0.1) is 11.8 Å². The lowest BCUT2D eigenvalue weighted by molar-refractivity contribution is 0.243. The molecule has 0 bridgehead atoms. The molecule has 2 heterocycles. The number of thioether (sulfide) groups is 1. The van der Waals surface area contributed by atoms with Gasteiger partial charge in [-0.05, 0) is 37.4 Å². The summed E-state index contributed by atoms with van der Waals surface area (Å²) >= 11 is 1.49. The molecule has 0 radical (unpaired) electrons. The number of hydrogen-bond acceptors (Lipinski definition) is 5. The standard InChI is InChI=1S/C20H22N6OS/c1-4-23-20(27)25-13-28-18-16(19-24-8-9-26(19)3)10-15(11-17(18)21-2)14-6-5-7-22-12-14/h5-12H,2,4,13H2,1,3H3,(H2,23,25,27). The Kier molecular flexibility index (Phi) is 6.44. The highest BCUT2D eigenvalue weighted by Gasteiger charge is 2.17. The Bertz CT molecular complexity index is 970. The first-order valence-electron chi connectivity index (χ1n) is 8.81. The third-order valence-electron chi connectivity index (χ3n) is 4.08. The number of aryl methyl sites for hydroxylation is 1. The van der Waals surface area contributed by atoms with Crippen molar-refractivity contribution >= 4 is 30.2 Å². The lowest BCUT2D eigenvalue weighted by atomic mass is 10.0. The van der Waals surface area contributed by atoms with E-state index in [1.165, 1.54) is 11.8 Å². The minimum Gasteiger partial charge on any atom is -0.338 e. The Hall–Kier alpha value is -3.13. The van der Waals surface area contributed by atoms with Gasteiger partial charge in [-0.25, -0.2) is 9.78 Å². The number of nitrogens with one attached hydrogen (secondary N) is 2. The third-order valence-corrected chi connectivity index (χ3v) is 5.09. The molecule has 3 rings (SSSR count). The Balaban J connectivity index is 2.03. The molecule has 28 heavy (non-hydrogen) atoms. The van der Waals surface area contributed by atoms with Crippen molar-refractivity contribution in [3.8, 4) is 22.5 Å². The third kappa shape index (κ3) is 4.40. The molecule has 7 nitrogen and oxygen atoms in total. The van der Waals surface area contributed by atoms with Crippen LogP contribution in [-0.2, 0) is 7.05 Å². The number of aromatic nitrogens is 3. The fraction of sp³-hybridized carbons (Fsp3) is 0.200. The van der Waals surface area contributed by atoms with Crippen molar-refractivity contribution in [2.24, 2.45) is 12.0 Å². The van der Waals surface area contributed by atoms with Crippen LogP contribution in [0.5, 0.6) is 0 Å². The van der Waals surface area contributed by atoms with Gasteiger partial charge in [0.15, 0.2) is 0 Å². The number of aliphatic imine (C=N–C) groups is 1. The molecule has 2 aromatic heterocycles. The van der Waals surface area contributed by atoms with Crippen molar-refractivity contribution in [3.05, 3.63) is 49.1 Å². The summed E-state index contributed by atoms with van der Waals surface area (Å²) in [5.41, 5.74) is 3.63. The molecule has 0 spiro atoms. The molecule has 0 aliphatic heterocycles. The van der Waals surface area contributed by atoms with E-state index in [0.29, 0.717) is 12.4 Å². The van der Waals surface area contributed by atoms with Gasteiger partial charge >= 0.3 is 6.03 Å². The van der Waals surface area contributed by atoms with Crippen LogP contribution in [0.25, 0.3) is 22.5 Å². The highest BCUT2D eigenvalue weighted by molar-refractivity contribution is 7.99. The molecule has 144 valence electrons. The number of carbonyl (C=O) groups is 1. The summed E-state index contributed by atoms with van der Waals surface area (Å²) in [5.74, 6) is 1.22. The van der Waals surface area contributed by atoms with Crippen LogP contribution in [0, 0.1) is 0 Å². The van der Waals surface area contributed by atoms with Gasteiger partial charge in [-0.2, -0.15) is 0 Å². The van der Waals surface area contributed by atoms with E-state index in [-0.39, 0.29) is 6.03 Å². The first-order valence-corrected chi connectivity index (χ1v) is 9.80. The summed E-state index contributed by atoms with van der Waals surface area (Å²) in [6.07, 6.45) is 7.21. The van der Waals surface area contributed by atoms with Gasteiger partial charge < -0.3 is 15.2 Å². The van der Waals surface area contributed by atoms with E-state index in [2.05, 4.69) is 38.4 Å². The highest BCUT2D eigenvalue weighted by atomic mass is 32.2. The summed E-state index contributed by atoms with van der Waals surface area (Å²) in [6.45, 7) is 6.19. The average molecular weight is 395 g/mol. The summed E-state index contributed by atoms with van der Waals surface area (Å²) in [5, 5.41) is 5.55. The van der Waals surface area contributed by atoms with Gasteiger partial charge in [-0.1, -0.05) is 6.07 Å². The summed E-state index contributed by atoms with van der Waals surface area (Å²) in [6, 6.07) is 7.75. The van der Waals surface area contributed by atoms with E-state index in [1.807, 2.05) is 49.1 Å². The van der Waals surface area contributed by atoms with Crippen LogP contribution in [0.2, 0.25) is 0 Å². The number of benzene rings is 1. The molecule has 2 N–H and O–H groups in total. The predicted octanol–water partition coefficient (Wildman–Crippen LogP) is 3.85. The number of amides is 2. The van der Waals surface area contributed by atoms with E-state index >= 15 is 0 Å². The van der Waals surface area contributed by atoms with E-state index in [1.54, 1.807) is 12.4 Å². The molecule has 0 aliphatic rings. The second-order valence-electron chi connectivity index (χ2n) is 5.96. The topological polar surface area (TPSA) is 84.2 Å². The lowest BCUT2D eigenvalue weighted by Gasteiger charge is -2.15. The zero-order chi connectivity index (χ0) is 19.9. The van der Waals surface area contributed by atoms with Crippen LogP contribution in [0.1, 0.15) is 6.92 Å². The number of imidazole rings is 1. The Morgan fingerprint density at radius 3 is 2.79 bits per heavy atom. The monoisotopic (exact) mass is 394 g/mol. The molecule has 1 aromatic carbocycles. The molecule has 0 saturated carbocycles. The highest BCUT2D eigenvalue weighted by Crippen LogP contribution is 2.41. The van der Waals surface area contributed by atoms with E-state index in [0.717, 1.165) is 33.1 Å². The van der Waals surface area contributed by atoms with Crippen molar-refractivity contribution in [1.82, 2.24) is 25.2 Å². The van der Waals surface area contributed by atoms with Crippen molar-refractivity contribution in [2.45, 2.75) is 11.8 Å². The molecule has 0 aliphatic carbocycles. The number of rotatable bonds is 7. The summed E-state index contributed by atoms with van der Waals surface area (Å²) < 4.78 is 1.95. The molecular formula is C20H22N6OS. The Morgan fingerprint density at radius 1 is 1.29 bits per heavy atom. The molecule has 0 atom stereocenters. The fourth-order valence-corrected chi connectivity index (χ4v) is 3.70. The summed E-state index contributed by atoms with van der Waals surface area (Å²) in [4.78, 5) is 25.6. The number of pyridine rings is 1. The van der Waals surface area contributed by atoms with Gasteiger partial charge in [0.2, 0.25) is 0 Å². The second kappa shape index (κ2) is 9.18. The normalized spacial score (nSPS) is 10.5. The predicted molar refractivity (Wildman–Crippen MR) is 114 cm³/mol. The molecule has 0 unspecified atom stereocenters. The van der Waals surface area contributed by atoms with Gasteiger partial charge in [0.05, 0.1) is 11.6 Å². The smallest absolute Gasteiger partial charge is 0.315 e. The van der Waals surface area contributed by atoms with Crippen LogP contribution < -0.4 is 10.6 Å². The van der Waals surface area contributed by atoms with Gasteiger partial charge in [0.25, 0.3) is 0 Å². The molecule has 0 saturated heterocycles. The molecule has 3 aromatic rings. The largest absolute Gasteiger partial charge is 0.338 e. The van der Waals surface area contributed by atoms with Crippen molar-refractivity contribution < 1.29 is 4.79 Å². The maximum Gasteiger partial charge on any atom is 0.315 e. The number of hydrogen-bond donors (Lipinski definition) is 2. The average Bonchev–Trinajstić information content (AvgIpc) is 3.14. The molecule has 8 heteroatoms. The van der Waals surface area contributed by atoms with E-state index < -0.39 is 0 Å². The SMILES string of the molecule is C=Nc1cc(-c2cccnc2)cc(-c2nccn2C)c1SCNC(=O)NCC. The van der Waals surface area contributed by atoms with Crippen LogP contribution >= 0.6 is 11.8 Å². The Labute approximate surface area is 168 Å². The minimum absolute atomic E-state index is 0.200. The van der Waals surface area contributed by atoms with Gasteiger partial charge in [0.1, 0.15) is 5.82 Å². The fourth-order valence-electron chi connectivity index (χ4n) is 2.77. The van der Waals surface area contributed by atoms with Gasteiger partial charge in [-0.3, -0.25) is 9.98 Å². The van der Waals surface area contributed by atoms with Gasteiger partial charge in [0, 0.05) is 54.4 Å². The number of urea groups is 1. The second-order valence-corrected chi connectivity index (χ2v) is 6.94. The quantitative estimate of drug-likeness (QED) is 0.362. The maximum absolute atomic E-state index is 11.7. The number of nitrogens with zero attached hydrogens (tertiary/aromatic N) is 4. The Morgan fingerprint density at radius 2 is 2.14 bits per heavy atom. The minimum atomic E-state index is -0.200. The van der Waals surface area contributed by atoms with E-state index in [4.69, 9.17) is 0 Å². The molecule has 2 amide bonds. The zero-order valence-electron chi connectivity index (χ0n) is 15.8. The van der Waals surface area contributed by atoms with Crippen LogP contribution in [-0.4, -0.2) is 39.7 Å². The van der Waals surface area contributed by atoms with Crippen LogP contribution in [0.15, 0.2) is 58.9 Å². The maximum atomic E-state index is 11.7. The zero-order valence-corrected chi connectivity index (χ0v) is 16.7. The first kappa shape index (κ1) is 19.6. The summed E-state index contributed by atoms with van der Waals surface area (Å²) in [7, 11) is 1.95. The molecule has 0 fully saturated rings. The first-order chi connectivity index (χ1) is 13.6. The van der Waals surface area contributed by atoms with E-state index in [9.17, 15) is 4.79 Å². The molecular weight excluding hydrogens is 372 g/mol. The van der Waals surface area contributed by atoms with Crippen LogP contribution in [0.4, 0.5) is 10.5 Å². The lowest BCUT2D eigenvalue weighted by Crippen LogP contribution is -2.34. The number of carbonyl (C=O) groups excluding carboxylic acids is 1. The van der Waals surface area contributed by atoms with Crippen molar-refractivity contribution in [3.63, 3.8) is 0 Å².